The van der Waals surface area contributed by atoms with Gasteiger partial charge in [-0.15, -0.1) is 0 Å². The summed E-state index contributed by atoms with van der Waals surface area (Å²) >= 11 is 0. The third-order valence-electron chi connectivity index (χ3n) is 6.31. The molecule has 3 atom stereocenters. The van der Waals surface area contributed by atoms with Crippen molar-refractivity contribution in [3.8, 4) is 22.6 Å². The molecule has 4 bridgehead atoms. The first-order chi connectivity index (χ1) is 17.2. The minimum Gasteiger partial charge on any atom is -0.508 e. The van der Waals surface area contributed by atoms with Crippen LogP contribution in [0.4, 0.5) is 0 Å². The van der Waals surface area contributed by atoms with Crippen LogP contribution in [0, 0.1) is 0 Å². The maximum atomic E-state index is 13.4. The second-order valence-corrected chi connectivity index (χ2v) is 8.88. The van der Waals surface area contributed by atoms with E-state index in [0.717, 1.165) is 5.56 Å². The van der Waals surface area contributed by atoms with E-state index in [1.165, 1.54) is 24.1 Å². The summed E-state index contributed by atoms with van der Waals surface area (Å²) in [6.07, 6.45) is 0.159. The molecule has 2 aromatic carbocycles. The summed E-state index contributed by atoms with van der Waals surface area (Å²) in [7, 11) is 1.46. The number of nitrogens with zero attached hydrogens (tertiary/aromatic N) is 1. The molecule has 1 heterocycles. The topological polar surface area (TPSA) is 197 Å². The molecule has 0 aliphatic carbocycles. The van der Waals surface area contributed by atoms with Gasteiger partial charge in [-0.2, -0.15) is 0 Å². The molecule has 10 N–H and O–H groups in total. The quantitative estimate of drug-likeness (QED) is 0.270. The van der Waals surface area contributed by atoms with Crippen molar-refractivity contribution in [3.05, 3.63) is 47.5 Å². The number of phenols is 2. The first kappa shape index (κ1) is 26.9. The number of amides is 3. The highest BCUT2D eigenvalue weighted by Crippen LogP contribution is 2.31. The highest BCUT2D eigenvalue weighted by Gasteiger charge is 2.33. The minimum absolute atomic E-state index is 0.00602. The molecule has 0 spiro atoms. The summed E-state index contributed by atoms with van der Waals surface area (Å²) in [5.41, 5.74) is 19.7. The van der Waals surface area contributed by atoms with Gasteiger partial charge in [0.25, 0.3) is 0 Å². The Hall–Kier alpha value is -3.67. The first-order valence-electron chi connectivity index (χ1n) is 11.8. The highest BCUT2D eigenvalue weighted by atomic mass is 16.3. The SMILES string of the molecule is CN1C(=O)[C@H](CCN)NC(=O)[C@H](N)Cc2cc(ccc2O)-c2ccc(O)c(c2)C[C@H]1C(=O)NCCN. The molecule has 3 amide bonds. The average Bonchev–Trinajstić information content (AvgIpc) is 2.86. The number of hydrogen-bond donors (Lipinski definition) is 7. The van der Waals surface area contributed by atoms with Crippen molar-refractivity contribution in [1.82, 2.24) is 15.5 Å². The van der Waals surface area contributed by atoms with Crippen molar-refractivity contribution in [2.45, 2.75) is 37.4 Å². The maximum absolute atomic E-state index is 13.4. The fourth-order valence-electron chi connectivity index (χ4n) is 4.22. The summed E-state index contributed by atoms with van der Waals surface area (Å²) in [6, 6.07) is 6.81. The van der Waals surface area contributed by atoms with Gasteiger partial charge in [-0.25, -0.2) is 0 Å². The van der Waals surface area contributed by atoms with Gasteiger partial charge in [0, 0.05) is 33.0 Å². The highest BCUT2D eigenvalue weighted by molar-refractivity contribution is 5.93. The summed E-state index contributed by atoms with van der Waals surface area (Å²) in [5, 5.41) is 26.3. The zero-order chi connectivity index (χ0) is 26.4. The second-order valence-electron chi connectivity index (χ2n) is 8.88. The van der Waals surface area contributed by atoms with Gasteiger partial charge in [-0.05, 0) is 59.5 Å². The molecule has 36 heavy (non-hydrogen) atoms. The van der Waals surface area contributed by atoms with E-state index < -0.39 is 35.8 Å². The molecule has 3 rings (SSSR count). The molecule has 11 nitrogen and oxygen atoms in total. The maximum Gasteiger partial charge on any atom is 0.245 e. The van der Waals surface area contributed by atoms with Crippen molar-refractivity contribution in [3.63, 3.8) is 0 Å². The van der Waals surface area contributed by atoms with Crippen molar-refractivity contribution < 1.29 is 24.6 Å². The molecule has 1 aliphatic heterocycles. The lowest BCUT2D eigenvalue weighted by atomic mass is 9.95. The van der Waals surface area contributed by atoms with Crippen LogP contribution in [0.1, 0.15) is 17.5 Å². The summed E-state index contributed by atoms with van der Waals surface area (Å²) < 4.78 is 0. The van der Waals surface area contributed by atoms with E-state index in [4.69, 9.17) is 17.2 Å². The van der Waals surface area contributed by atoms with Crippen LogP contribution in [0.25, 0.3) is 11.1 Å². The molecule has 1 aliphatic rings. The normalized spacial score (nSPS) is 20.8. The standard InChI is InChI=1S/C25H34N6O5/c1-31-20(24(35)29-9-8-27)13-17-11-15(3-5-22(17)33)14-2-4-21(32)16(10-14)12-18(28)23(34)30-19(6-7-26)25(31)36/h2-5,10-11,18-20,32-33H,6-9,12-13,26-28H2,1H3,(H,29,35)(H,30,34)/t18-,19+,20+/m1/s1. The lowest BCUT2D eigenvalue weighted by Crippen LogP contribution is -2.57. The smallest absolute Gasteiger partial charge is 0.245 e. The fraction of sp³-hybridized carbons (Fsp3) is 0.400. The molecule has 194 valence electrons. The summed E-state index contributed by atoms with van der Waals surface area (Å²) in [4.78, 5) is 40.6. The van der Waals surface area contributed by atoms with Crippen LogP contribution in [0.2, 0.25) is 0 Å². The lowest BCUT2D eigenvalue weighted by Gasteiger charge is -2.31. The zero-order valence-corrected chi connectivity index (χ0v) is 20.2. The van der Waals surface area contributed by atoms with E-state index in [0.29, 0.717) is 16.7 Å². The first-order valence-corrected chi connectivity index (χ1v) is 11.8. The number of carbonyl (C=O) groups excluding carboxylic acids is 3. The summed E-state index contributed by atoms with van der Waals surface area (Å²) in [5.74, 6) is -1.61. The number of phenolic OH excluding ortho intramolecular Hbond substituents is 2. The molecule has 11 heteroatoms. The van der Waals surface area contributed by atoms with Gasteiger partial charge in [-0.3, -0.25) is 14.4 Å². The van der Waals surface area contributed by atoms with Crippen LogP contribution in [-0.4, -0.2) is 77.6 Å². The Balaban J connectivity index is 2.14. The predicted molar refractivity (Wildman–Crippen MR) is 135 cm³/mol. The number of likely N-dealkylation sites (N-methyl/N-ethyl adjacent to an activating group) is 1. The predicted octanol–water partition coefficient (Wildman–Crippen LogP) is -1.07. The second kappa shape index (κ2) is 11.8. The van der Waals surface area contributed by atoms with E-state index >= 15 is 0 Å². The molecule has 0 unspecified atom stereocenters. The number of rotatable bonds is 5. The zero-order valence-electron chi connectivity index (χ0n) is 20.2. The van der Waals surface area contributed by atoms with E-state index in [9.17, 15) is 24.6 Å². The minimum atomic E-state index is -1.05. The molecular weight excluding hydrogens is 464 g/mol. The van der Waals surface area contributed by atoms with Crippen LogP contribution in [0.3, 0.4) is 0 Å². The summed E-state index contributed by atoms with van der Waals surface area (Å²) in [6.45, 7) is 0.525. The number of carbonyl (C=O) groups is 3. The van der Waals surface area contributed by atoms with E-state index in [1.54, 1.807) is 24.3 Å². The number of hydrogen-bond acceptors (Lipinski definition) is 8. The van der Waals surface area contributed by atoms with Crippen LogP contribution < -0.4 is 27.8 Å². The number of nitrogens with one attached hydrogen (secondary N) is 2. The van der Waals surface area contributed by atoms with Gasteiger partial charge >= 0.3 is 0 Å². The van der Waals surface area contributed by atoms with Crippen LogP contribution in [-0.2, 0) is 27.2 Å². The largest absolute Gasteiger partial charge is 0.508 e. The van der Waals surface area contributed by atoms with Gasteiger partial charge in [0.15, 0.2) is 0 Å². The van der Waals surface area contributed by atoms with Gasteiger partial charge in [0.1, 0.15) is 23.6 Å². The molecule has 0 saturated heterocycles. The van der Waals surface area contributed by atoms with Gasteiger partial charge in [-0.1, -0.05) is 12.1 Å². The van der Waals surface area contributed by atoms with Crippen molar-refractivity contribution in [2.24, 2.45) is 17.2 Å². The average molecular weight is 499 g/mol. The van der Waals surface area contributed by atoms with Crippen LogP contribution in [0.5, 0.6) is 11.5 Å². The third kappa shape index (κ3) is 6.11. The lowest BCUT2D eigenvalue weighted by molar-refractivity contribution is -0.142. The van der Waals surface area contributed by atoms with Crippen molar-refractivity contribution in [1.29, 1.82) is 0 Å². The Morgan fingerprint density at radius 1 is 1.03 bits per heavy atom. The molecule has 2 aromatic rings. The van der Waals surface area contributed by atoms with Gasteiger partial charge in [0.2, 0.25) is 17.7 Å². The van der Waals surface area contributed by atoms with Crippen molar-refractivity contribution >= 4 is 17.7 Å². The monoisotopic (exact) mass is 498 g/mol. The van der Waals surface area contributed by atoms with Crippen LogP contribution in [0.15, 0.2) is 36.4 Å². The molecule has 0 aromatic heterocycles. The Morgan fingerprint density at radius 2 is 1.61 bits per heavy atom. The third-order valence-corrected chi connectivity index (χ3v) is 6.31. The van der Waals surface area contributed by atoms with Crippen molar-refractivity contribution in [2.75, 3.05) is 26.7 Å². The molecular formula is C25H34N6O5. The number of benzene rings is 2. The number of aromatic hydroxyl groups is 2. The number of fused-ring (bicyclic) bond motifs is 5. The van der Waals surface area contributed by atoms with E-state index in [1.807, 2.05) is 0 Å². The number of nitrogens with two attached hydrogens (primary N) is 3. The van der Waals surface area contributed by atoms with Gasteiger partial charge < -0.3 is 42.9 Å². The molecule has 0 saturated carbocycles. The van der Waals surface area contributed by atoms with E-state index in [-0.39, 0.29) is 50.4 Å². The van der Waals surface area contributed by atoms with Crippen LogP contribution >= 0.6 is 0 Å². The van der Waals surface area contributed by atoms with Gasteiger partial charge in [0.05, 0.1) is 6.04 Å². The fourth-order valence-corrected chi connectivity index (χ4v) is 4.22. The molecule has 0 fully saturated rings. The Labute approximate surface area is 209 Å². The van der Waals surface area contributed by atoms with E-state index in [2.05, 4.69) is 10.6 Å². The molecule has 0 radical (unpaired) electrons. The Bertz CT molecular complexity index is 1120. The Morgan fingerprint density at radius 3 is 2.17 bits per heavy atom. The Kier molecular flexibility index (Phi) is 8.86.